The fourth-order valence-electron chi connectivity index (χ4n) is 5.68. The molecule has 196 valence electrons. The van der Waals surface area contributed by atoms with Crippen molar-refractivity contribution in [3.8, 4) is 0 Å². The van der Waals surface area contributed by atoms with E-state index in [1.807, 2.05) is 0 Å². The number of likely N-dealkylation sites (N-methyl/N-ethyl adjacent to an activating group) is 1. The molecule has 1 atom stereocenters. The molecule has 3 heteroatoms. The fraction of sp³-hybridized carbons (Fsp3) is 0.967. The van der Waals surface area contributed by atoms with Gasteiger partial charge in [0, 0.05) is 26.7 Å². The Labute approximate surface area is 209 Å². The molecule has 3 nitrogen and oxygen atoms in total. The van der Waals surface area contributed by atoms with E-state index in [4.69, 9.17) is 4.99 Å². The van der Waals surface area contributed by atoms with E-state index in [0.717, 1.165) is 19.6 Å². The molecule has 0 spiro atoms. The molecule has 1 saturated heterocycles. The second-order valence-corrected chi connectivity index (χ2v) is 12.9. The molecule has 1 heterocycles. The Morgan fingerprint density at radius 2 is 1.27 bits per heavy atom. The summed E-state index contributed by atoms with van der Waals surface area (Å²) in [7, 11) is 2.25. The van der Waals surface area contributed by atoms with Crippen LogP contribution in [0.2, 0.25) is 0 Å². The number of guanidine groups is 1. The summed E-state index contributed by atoms with van der Waals surface area (Å²) in [5, 5.41) is 0. The smallest absolute Gasteiger partial charge is 0.196 e. The highest BCUT2D eigenvalue weighted by Crippen LogP contribution is 2.39. The molecule has 0 saturated carbocycles. The summed E-state index contributed by atoms with van der Waals surface area (Å²) < 4.78 is 0. The van der Waals surface area contributed by atoms with Crippen molar-refractivity contribution < 1.29 is 0 Å². The van der Waals surface area contributed by atoms with Crippen molar-refractivity contribution in [2.75, 3.05) is 26.7 Å². The summed E-state index contributed by atoms with van der Waals surface area (Å²) in [5.74, 6) is 1.27. The maximum Gasteiger partial charge on any atom is 0.196 e. The number of rotatable bonds is 18. The van der Waals surface area contributed by atoms with Gasteiger partial charge in [0.05, 0.1) is 5.54 Å². The first-order chi connectivity index (χ1) is 15.5. The second-order valence-electron chi connectivity index (χ2n) is 12.9. The van der Waals surface area contributed by atoms with E-state index >= 15 is 0 Å². The zero-order chi connectivity index (χ0) is 25.0. The first-order valence-electron chi connectivity index (χ1n) is 14.5. The van der Waals surface area contributed by atoms with Crippen LogP contribution in [0.4, 0.5) is 0 Å². The van der Waals surface area contributed by atoms with Crippen molar-refractivity contribution in [3.05, 3.63) is 0 Å². The Balaban J connectivity index is 2.78. The Kier molecular flexibility index (Phi) is 13.4. The third kappa shape index (κ3) is 12.0. The van der Waals surface area contributed by atoms with Gasteiger partial charge < -0.3 is 9.80 Å². The molecule has 1 aliphatic heterocycles. The lowest BCUT2D eigenvalue weighted by Gasteiger charge is -2.35. The number of unbranched alkanes of at least 4 members (excludes halogenated alkanes) is 6. The van der Waals surface area contributed by atoms with Crippen molar-refractivity contribution in [3.63, 3.8) is 0 Å². The average molecular weight is 464 g/mol. The number of aliphatic imine (C=N–C) groups is 1. The van der Waals surface area contributed by atoms with Gasteiger partial charge in [0.1, 0.15) is 0 Å². The number of nitrogens with zero attached hydrogens (tertiary/aromatic N) is 3. The molecule has 0 aromatic rings. The van der Waals surface area contributed by atoms with Crippen LogP contribution < -0.4 is 0 Å². The highest BCUT2D eigenvalue weighted by Gasteiger charge is 2.31. The van der Waals surface area contributed by atoms with Crippen molar-refractivity contribution in [1.82, 2.24) is 9.80 Å². The Morgan fingerprint density at radius 3 is 1.88 bits per heavy atom. The molecule has 1 unspecified atom stereocenters. The maximum atomic E-state index is 5.52. The monoisotopic (exact) mass is 463 g/mol. The Bertz CT molecular complexity index is 551. The summed E-state index contributed by atoms with van der Waals surface area (Å²) in [6, 6.07) is 0. The summed E-state index contributed by atoms with van der Waals surface area (Å²) >= 11 is 0. The SMILES string of the molecule is CCCCCCCC(C)(CCCCC)N=C1N(C)CCN1CCCC(C)(C)CC(C)(C)CC. The summed E-state index contributed by atoms with van der Waals surface area (Å²) in [5.41, 5.74) is 0.953. The maximum absolute atomic E-state index is 5.52. The minimum atomic E-state index is 0.0952. The molecule has 1 fully saturated rings. The van der Waals surface area contributed by atoms with Gasteiger partial charge in [-0.05, 0) is 49.9 Å². The molecule has 0 aromatic heterocycles. The molecule has 1 rings (SSSR count). The van der Waals surface area contributed by atoms with Crippen molar-refractivity contribution >= 4 is 5.96 Å². The molecule has 0 aliphatic carbocycles. The van der Waals surface area contributed by atoms with E-state index in [1.54, 1.807) is 0 Å². The van der Waals surface area contributed by atoms with Crippen molar-refractivity contribution in [1.29, 1.82) is 0 Å². The first kappa shape index (κ1) is 30.3. The van der Waals surface area contributed by atoms with Gasteiger partial charge in [-0.1, -0.05) is 106 Å². The lowest BCUT2D eigenvalue weighted by Crippen LogP contribution is -2.37. The van der Waals surface area contributed by atoms with E-state index in [2.05, 4.69) is 72.2 Å². The van der Waals surface area contributed by atoms with Gasteiger partial charge >= 0.3 is 0 Å². The standard InChI is InChI=1S/C30H61N3/c1-10-13-15-16-18-22-30(8,21-17-14-11-2)31-27-32(9)24-25-33(27)23-19-20-29(6,7)26-28(4,5)12-3/h10-26H2,1-9H3. The average Bonchev–Trinajstić information content (AvgIpc) is 3.06. The lowest BCUT2D eigenvalue weighted by atomic mass is 9.72. The van der Waals surface area contributed by atoms with Crippen LogP contribution in [0, 0.1) is 10.8 Å². The zero-order valence-corrected chi connectivity index (χ0v) is 24.4. The summed E-state index contributed by atoms with van der Waals surface area (Å²) in [4.78, 5) is 10.5. The highest BCUT2D eigenvalue weighted by atomic mass is 15.4. The third-order valence-electron chi connectivity index (χ3n) is 8.03. The van der Waals surface area contributed by atoms with Gasteiger partial charge in [0.25, 0.3) is 0 Å². The van der Waals surface area contributed by atoms with Crippen LogP contribution in [0.25, 0.3) is 0 Å². The first-order valence-corrected chi connectivity index (χ1v) is 14.5. The molecule has 33 heavy (non-hydrogen) atoms. The van der Waals surface area contributed by atoms with Crippen LogP contribution in [0.5, 0.6) is 0 Å². The molecule has 0 N–H and O–H groups in total. The summed E-state index contributed by atoms with van der Waals surface area (Å²) in [6.07, 6.45) is 18.3. The van der Waals surface area contributed by atoms with Crippen LogP contribution in [0.15, 0.2) is 4.99 Å². The molecule has 0 bridgehead atoms. The van der Waals surface area contributed by atoms with Gasteiger partial charge in [-0.25, -0.2) is 4.99 Å². The fourth-order valence-corrected chi connectivity index (χ4v) is 5.68. The molecule has 1 aliphatic rings. The molecular formula is C30H61N3. The molecule has 0 aromatic carbocycles. The van der Waals surface area contributed by atoms with Crippen LogP contribution in [0.3, 0.4) is 0 Å². The number of hydrogen-bond donors (Lipinski definition) is 0. The minimum absolute atomic E-state index is 0.0952. The topological polar surface area (TPSA) is 18.8 Å². The van der Waals surface area contributed by atoms with E-state index < -0.39 is 0 Å². The van der Waals surface area contributed by atoms with Gasteiger partial charge in [-0.3, -0.25) is 0 Å². The predicted octanol–water partition coefficient (Wildman–Crippen LogP) is 8.92. The van der Waals surface area contributed by atoms with E-state index in [0.29, 0.717) is 10.8 Å². The van der Waals surface area contributed by atoms with Crippen LogP contribution in [0.1, 0.15) is 145 Å². The van der Waals surface area contributed by atoms with Crippen molar-refractivity contribution in [2.45, 2.75) is 151 Å². The quantitative estimate of drug-likeness (QED) is 0.189. The highest BCUT2D eigenvalue weighted by molar-refractivity contribution is 5.82. The Morgan fingerprint density at radius 1 is 0.697 bits per heavy atom. The van der Waals surface area contributed by atoms with Crippen LogP contribution in [-0.4, -0.2) is 48.0 Å². The summed E-state index contributed by atoms with van der Waals surface area (Å²) in [6.45, 7) is 22.6. The zero-order valence-electron chi connectivity index (χ0n) is 24.4. The molecular weight excluding hydrogens is 402 g/mol. The number of hydrogen-bond acceptors (Lipinski definition) is 1. The van der Waals surface area contributed by atoms with E-state index in [9.17, 15) is 0 Å². The lowest BCUT2D eigenvalue weighted by molar-refractivity contribution is 0.171. The van der Waals surface area contributed by atoms with Crippen molar-refractivity contribution in [2.24, 2.45) is 15.8 Å². The second kappa shape index (κ2) is 14.6. The predicted molar refractivity (Wildman–Crippen MR) is 149 cm³/mol. The normalized spacial score (nSPS) is 18.4. The minimum Gasteiger partial charge on any atom is -0.344 e. The third-order valence-corrected chi connectivity index (χ3v) is 8.03. The van der Waals surface area contributed by atoms with E-state index in [1.165, 1.54) is 95.9 Å². The van der Waals surface area contributed by atoms with Gasteiger partial charge in [0.15, 0.2) is 5.96 Å². The Hall–Kier alpha value is -0.730. The van der Waals surface area contributed by atoms with Crippen LogP contribution in [-0.2, 0) is 0 Å². The van der Waals surface area contributed by atoms with Crippen LogP contribution >= 0.6 is 0 Å². The largest absolute Gasteiger partial charge is 0.344 e. The molecule has 0 amide bonds. The van der Waals surface area contributed by atoms with E-state index in [-0.39, 0.29) is 5.54 Å². The van der Waals surface area contributed by atoms with Gasteiger partial charge in [-0.15, -0.1) is 0 Å². The molecule has 0 radical (unpaired) electrons. The van der Waals surface area contributed by atoms with Gasteiger partial charge in [-0.2, -0.15) is 0 Å². The van der Waals surface area contributed by atoms with Gasteiger partial charge in [0.2, 0.25) is 0 Å².